The molecule has 0 bridgehead atoms. The van der Waals surface area contributed by atoms with E-state index in [2.05, 4.69) is 38.4 Å². The Bertz CT molecular complexity index is 487. The smallest absolute Gasteiger partial charge is 0.0701 e. The van der Waals surface area contributed by atoms with Crippen LogP contribution >= 0.6 is 38.9 Å². The van der Waals surface area contributed by atoms with Gasteiger partial charge in [0.15, 0.2) is 0 Å². The molecule has 0 amide bonds. The molecule has 90 valence electrons. The summed E-state index contributed by atoms with van der Waals surface area (Å²) in [5.41, 5.74) is 1.09. The molecule has 2 heterocycles. The lowest BCUT2D eigenvalue weighted by Gasteiger charge is -2.05. The summed E-state index contributed by atoms with van der Waals surface area (Å²) in [5.74, 6) is 0. The first-order chi connectivity index (χ1) is 8.25. The lowest BCUT2D eigenvalue weighted by Crippen LogP contribution is -2.16. The largest absolute Gasteiger partial charge is 0.312 e. The number of thiophene rings is 1. The lowest BCUT2D eigenvalue weighted by atomic mass is 10.2. The van der Waals surface area contributed by atoms with Gasteiger partial charge in [-0.1, -0.05) is 11.6 Å². The van der Waals surface area contributed by atoms with E-state index in [-0.39, 0.29) is 0 Å². The Morgan fingerprint density at radius 3 is 2.94 bits per heavy atom. The quantitative estimate of drug-likeness (QED) is 0.841. The number of aromatic nitrogens is 1. The molecule has 0 radical (unpaired) electrons. The van der Waals surface area contributed by atoms with E-state index in [1.807, 2.05) is 6.07 Å². The average Bonchev–Trinajstić information content (AvgIpc) is 2.73. The van der Waals surface area contributed by atoms with Crippen molar-refractivity contribution in [2.24, 2.45) is 0 Å². The highest BCUT2D eigenvalue weighted by Crippen LogP contribution is 2.22. The molecule has 5 heteroatoms. The van der Waals surface area contributed by atoms with Gasteiger partial charge in [-0.3, -0.25) is 4.98 Å². The van der Waals surface area contributed by atoms with E-state index in [4.69, 9.17) is 11.6 Å². The van der Waals surface area contributed by atoms with Crippen molar-refractivity contribution in [1.82, 2.24) is 10.3 Å². The fourth-order valence-corrected chi connectivity index (χ4v) is 3.14. The molecule has 0 atom stereocenters. The van der Waals surface area contributed by atoms with Gasteiger partial charge in [0.1, 0.15) is 0 Å². The zero-order valence-corrected chi connectivity index (χ0v) is 12.3. The standard InChI is InChI=1S/C12H12BrClN2S/c13-12-2-1-10(17-12)4-6-15-7-9-3-5-16-8-11(9)14/h1-3,5,8,15H,4,6-7H2. The maximum Gasteiger partial charge on any atom is 0.0701 e. The summed E-state index contributed by atoms with van der Waals surface area (Å²) in [7, 11) is 0. The molecule has 0 aliphatic carbocycles. The highest BCUT2D eigenvalue weighted by atomic mass is 79.9. The van der Waals surface area contributed by atoms with Crippen molar-refractivity contribution < 1.29 is 0 Å². The van der Waals surface area contributed by atoms with Crippen molar-refractivity contribution in [2.75, 3.05) is 6.54 Å². The molecule has 2 nitrogen and oxygen atoms in total. The van der Waals surface area contributed by atoms with Gasteiger partial charge in [-0.25, -0.2) is 0 Å². The van der Waals surface area contributed by atoms with Crippen LogP contribution in [0.4, 0.5) is 0 Å². The molecule has 0 fully saturated rings. The van der Waals surface area contributed by atoms with Gasteiger partial charge in [0, 0.05) is 30.4 Å². The molecular weight excluding hydrogens is 320 g/mol. The molecule has 0 spiro atoms. The lowest BCUT2D eigenvalue weighted by molar-refractivity contribution is 0.690. The molecule has 2 aromatic rings. The minimum atomic E-state index is 0.721. The van der Waals surface area contributed by atoms with E-state index in [1.54, 1.807) is 23.7 Å². The van der Waals surface area contributed by atoms with Gasteiger partial charge in [0.25, 0.3) is 0 Å². The molecule has 0 saturated heterocycles. The third-order valence-electron chi connectivity index (χ3n) is 2.35. The first-order valence-electron chi connectivity index (χ1n) is 5.29. The van der Waals surface area contributed by atoms with Crippen molar-refractivity contribution in [2.45, 2.75) is 13.0 Å². The summed E-state index contributed by atoms with van der Waals surface area (Å²) in [6.45, 7) is 1.74. The molecule has 2 rings (SSSR count). The van der Waals surface area contributed by atoms with E-state index in [0.29, 0.717) is 0 Å². The van der Waals surface area contributed by atoms with Gasteiger partial charge >= 0.3 is 0 Å². The van der Waals surface area contributed by atoms with Gasteiger partial charge in [0.2, 0.25) is 0 Å². The van der Waals surface area contributed by atoms with Crippen molar-refractivity contribution >= 4 is 38.9 Å². The summed E-state index contributed by atoms with van der Waals surface area (Å²) in [4.78, 5) is 5.34. The van der Waals surface area contributed by atoms with Crippen LogP contribution in [0.5, 0.6) is 0 Å². The molecule has 2 aromatic heterocycles. The molecule has 0 unspecified atom stereocenters. The van der Waals surface area contributed by atoms with E-state index >= 15 is 0 Å². The first kappa shape index (κ1) is 13.0. The predicted molar refractivity (Wildman–Crippen MR) is 76.7 cm³/mol. The summed E-state index contributed by atoms with van der Waals surface area (Å²) in [6, 6.07) is 6.17. The SMILES string of the molecule is Clc1cnccc1CNCCc1ccc(Br)s1. The second-order valence-electron chi connectivity index (χ2n) is 3.60. The van der Waals surface area contributed by atoms with Crippen LogP contribution in [0.3, 0.4) is 0 Å². The second-order valence-corrected chi connectivity index (χ2v) is 6.55. The number of rotatable bonds is 5. The average molecular weight is 332 g/mol. The third-order valence-corrected chi connectivity index (χ3v) is 4.37. The zero-order valence-electron chi connectivity index (χ0n) is 9.12. The van der Waals surface area contributed by atoms with Gasteiger partial charge in [0.05, 0.1) is 8.81 Å². The van der Waals surface area contributed by atoms with Gasteiger partial charge in [-0.2, -0.15) is 0 Å². The fourth-order valence-electron chi connectivity index (χ4n) is 1.47. The van der Waals surface area contributed by atoms with Crippen LogP contribution in [0.2, 0.25) is 5.02 Å². The molecule has 0 aromatic carbocycles. The Morgan fingerprint density at radius 1 is 1.35 bits per heavy atom. The molecule has 0 aliphatic heterocycles. The fraction of sp³-hybridized carbons (Fsp3) is 0.250. The maximum atomic E-state index is 6.02. The Labute approximate surface area is 118 Å². The minimum absolute atomic E-state index is 0.721. The van der Waals surface area contributed by atoms with Crippen molar-refractivity contribution in [3.63, 3.8) is 0 Å². The van der Waals surface area contributed by atoms with E-state index in [9.17, 15) is 0 Å². The van der Waals surface area contributed by atoms with Crippen LogP contribution in [-0.2, 0) is 13.0 Å². The topological polar surface area (TPSA) is 24.9 Å². The van der Waals surface area contributed by atoms with Crippen LogP contribution < -0.4 is 5.32 Å². The van der Waals surface area contributed by atoms with Crippen molar-refractivity contribution in [3.05, 3.63) is 49.8 Å². The number of hydrogen-bond acceptors (Lipinski definition) is 3. The molecule has 1 N–H and O–H groups in total. The maximum absolute atomic E-state index is 6.02. The first-order valence-corrected chi connectivity index (χ1v) is 7.28. The minimum Gasteiger partial charge on any atom is -0.312 e. The Hall–Kier alpha value is -0.420. The van der Waals surface area contributed by atoms with E-state index in [1.165, 1.54) is 8.66 Å². The second kappa shape index (κ2) is 6.50. The zero-order chi connectivity index (χ0) is 12.1. The summed E-state index contributed by atoms with van der Waals surface area (Å²) in [6.07, 6.45) is 4.48. The summed E-state index contributed by atoms with van der Waals surface area (Å²) >= 11 is 11.3. The number of nitrogens with zero attached hydrogens (tertiary/aromatic N) is 1. The highest BCUT2D eigenvalue weighted by Gasteiger charge is 2.00. The molecule has 17 heavy (non-hydrogen) atoms. The van der Waals surface area contributed by atoms with E-state index < -0.39 is 0 Å². The summed E-state index contributed by atoms with van der Waals surface area (Å²) in [5, 5.41) is 4.10. The van der Waals surface area contributed by atoms with Crippen LogP contribution in [0, 0.1) is 0 Å². The molecular formula is C12H12BrClN2S. The number of hydrogen-bond donors (Lipinski definition) is 1. The predicted octanol–water partition coefficient (Wildman–Crippen LogP) is 3.89. The van der Waals surface area contributed by atoms with E-state index in [0.717, 1.165) is 30.1 Å². The van der Waals surface area contributed by atoms with Crippen LogP contribution in [0.1, 0.15) is 10.4 Å². The van der Waals surface area contributed by atoms with Gasteiger partial charge in [-0.15, -0.1) is 11.3 Å². The Balaban J connectivity index is 1.75. The Morgan fingerprint density at radius 2 is 2.24 bits per heavy atom. The molecule has 0 aliphatic rings. The van der Waals surface area contributed by atoms with Crippen molar-refractivity contribution in [1.29, 1.82) is 0 Å². The highest BCUT2D eigenvalue weighted by molar-refractivity contribution is 9.11. The van der Waals surface area contributed by atoms with Crippen LogP contribution in [-0.4, -0.2) is 11.5 Å². The number of nitrogens with one attached hydrogen (secondary N) is 1. The number of halogens is 2. The Kier molecular flexibility index (Phi) is 4.98. The van der Waals surface area contributed by atoms with Crippen molar-refractivity contribution in [3.8, 4) is 0 Å². The van der Waals surface area contributed by atoms with Gasteiger partial charge in [-0.05, 0) is 46.1 Å². The van der Waals surface area contributed by atoms with Crippen LogP contribution in [0.15, 0.2) is 34.4 Å². The monoisotopic (exact) mass is 330 g/mol. The number of pyridine rings is 1. The summed E-state index contributed by atoms with van der Waals surface area (Å²) < 4.78 is 1.18. The third kappa shape index (κ3) is 4.07. The van der Waals surface area contributed by atoms with Gasteiger partial charge < -0.3 is 5.32 Å². The van der Waals surface area contributed by atoms with Crippen LogP contribution in [0.25, 0.3) is 0 Å². The molecule has 0 saturated carbocycles. The normalized spacial score (nSPS) is 10.7.